The maximum absolute atomic E-state index is 13.2. The van der Waals surface area contributed by atoms with Gasteiger partial charge in [-0.2, -0.15) is 0 Å². The number of nitrogens with zero attached hydrogens (tertiary/aromatic N) is 1. The molecule has 0 fully saturated rings. The van der Waals surface area contributed by atoms with Crippen molar-refractivity contribution in [2.24, 2.45) is 0 Å². The van der Waals surface area contributed by atoms with Crippen LogP contribution in [0.25, 0.3) is 10.9 Å². The predicted molar refractivity (Wildman–Crippen MR) is 103 cm³/mol. The normalized spacial score (nSPS) is 16.0. The second-order valence-corrected chi connectivity index (χ2v) is 6.63. The Hall–Kier alpha value is -2.88. The quantitative estimate of drug-likeness (QED) is 0.767. The van der Waals surface area contributed by atoms with Gasteiger partial charge in [0.2, 0.25) is 0 Å². The molecule has 3 aromatic rings. The van der Waals surface area contributed by atoms with Gasteiger partial charge in [0.05, 0.1) is 29.4 Å². The molecule has 1 aliphatic heterocycles. The van der Waals surface area contributed by atoms with E-state index in [9.17, 15) is 4.79 Å². The molecule has 0 aliphatic carbocycles. The van der Waals surface area contributed by atoms with Gasteiger partial charge in [0.25, 0.3) is 5.91 Å². The third kappa shape index (κ3) is 2.81. The van der Waals surface area contributed by atoms with Gasteiger partial charge in [-0.1, -0.05) is 43.3 Å². The van der Waals surface area contributed by atoms with Crippen molar-refractivity contribution < 1.29 is 9.53 Å². The molecule has 1 atom stereocenters. The van der Waals surface area contributed by atoms with Crippen molar-refractivity contribution in [3.8, 4) is 5.75 Å². The third-order valence-corrected chi connectivity index (χ3v) is 5.05. The van der Waals surface area contributed by atoms with E-state index in [1.165, 1.54) is 0 Å². The summed E-state index contributed by atoms with van der Waals surface area (Å²) in [5.74, 6) is 0.799. The second-order valence-electron chi connectivity index (χ2n) is 6.63. The Kier molecular flexibility index (Phi) is 4.33. The highest BCUT2D eigenvalue weighted by Crippen LogP contribution is 2.32. The standard InChI is InChI=1S/C22H22N2O2/c1-3-17-21(14(2)15-8-4-6-10-18(15)23-17)22(25)24-19-12-13-26-20-11-7-5-9-16(19)20/h4-11,19H,3,12-13H2,1-2H3,(H,24,25)/t19-/m0/s1. The van der Waals surface area contributed by atoms with E-state index in [0.717, 1.165) is 46.3 Å². The molecule has 1 aromatic heterocycles. The zero-order chi connectivity index (χ0) is 18.1. The fourth-order valence-corrected chi connectivity index (χ4v) is 3.72. The zero-order valence-electron chi connectivity index (χ0n) is 15.1. The van der Waals surface area contributed by atoms with Gasteiger partial charge in [-0.15, -0.1) is 0 Å². The van der Waals surface area contributed by atoms with E-state index in [1.54, 1.807) is 0 Å². The number of amides is 1. The number of benzene rings is 2. The third-order valence-electron chi connectivity index (χ3n) is 5.05. The number of carbonyl (C=O) groups is 1. The number of nitrogens with one attached hydrogen (secondary N) is 1. The van der Waals surface area contributed by atoms with E-state index in [2.05, 4.69) is 5.32 Å². The van der Waals surface area contributed by atoms with E-state index in [-0.39, 0.29) is 11.9 Å². The number of para-hydroxylation sites is 2. The number of hydrogen-bond donors (Lipinski definition) is 1. The Balaban J connectivity index is 1.72. The van der Waals surface area contributed by atoms with Crippen molar-refractivity contribution >= 4 is 16.8 Å². The van der Waals surface area contributed by atoms with Crippen LogP contribution < -0.4 is 10.1 Å². The Labute approximate surface area is 153 Å². The van der Waals surface area contributed by atoms with E-state index in [1.807, 2.05) is 62.4 Å². The van der Waals surface area contributed by atoms with Gasteiger partial charge in [-0.05, 0) is 31.0 Å². The van der Waals surface area contributed by atoms with Crippen LogP contribution in [0.15, 0.2) is 48.5 Å². The van der Waals surface area contributed by atoms with Crippen LogP contribution >= 0.6 is 0 Å². The van der Waals surface area contributed by atoms with Crippen molar-refractivity contribution in [2.75, 3.05) is 6.61 Å². The van der Waals surface area contributed by atoms with Crippen LogP contribution in [-0.4, -0.2) is 17.5 Å². The number of carbonyl (C=O) groups excluding carboxylic acids is 1. The van der Waals surface area contributed by atoms with Gasteiger partial charge in [0.15, 0.2) is 0 Å². The van der Waals surface area contributed by atoms with Crippen LogP contribution in [0.1, 0.15) is 46.6 Å². The lowest BCUT2D eigenvalue weighted by Crippen LogP contribution is -2.33. The number of pyridine rings is 1. The average Bonchev–Trinajstić information content (AvgIpc) is 2.68. The Morgan fingerprint density at radius 3 is 2.81 bits per heavy atom. The first-order valence-corrected chi connectivity index (χ1v) is 9.10. The smallest absolute Gasteiger partial charge is 0.253 e. The van der Waals surface area contributed by atoms with Crippen LogP contribution in [0.4, 0.5) is 0 Å². The molecule has 1 N–H and O–H groups in total. The highest BCUT2D eigenvalue weighted by atomic mass is 16.5. The van der Waals surface area contributed by atoms with Crippen LogP contribution in [0.5, 0.6) is 5.75 Å². The summed E-state index contributed by atoms with van der Waals surface area (Å²) in [4.78, 5) is 17.9. The summed E-state index contributed by atoms with van der Waals surface area (Å²) >= 11 is 0. The number of ether oxygens (including phenoxy) is 1. The van der Waals surface area contributed by atoms with Crippen LogP contribution in [0, 0.1) is 6.92 Å². The molecule has 0 unspecified atom stereocenters. The molecular formula is C22H22N2O2. The molecule has 2 heterocycles. The molecule has 2 aromatic carbocycles. The fourth-order valence-electron chi connectivity index (χ4n) is 3.72. The van der Waals surface area contributed by atoms with Gasteiger partial charge >= 0.3 is 0 Å². The van der Waals surface area contributed by atoms with Crippen LogP contribution in [-0.2, 0) is 6.42 Å². The van der Waals surface area contributed by atoms with Gasteiger partial charge in [0.1, 0.15) is 5.75 Å². The summed E-state index contributed by atoms with van der Waals surface area (Å²) in [5.41, 5.74) is 4.52. The molecule has 0 saturated carbocycles. The molecule has 1 aliphatic rings. The first-order chi connectivity index (χ1) is 12.7. The summed E-state index contributed by atoms with van der Waals surface area (Å²) in [6.45, 7) is 4.66. The lowest BCUT2D eigenvalue weighted by Gasteiger charge is -2.27. The summed E-state index contributed by atoms with van der Waals surface area (Å²) in [5, 5.41) is 4.24. The molecule has 0 spiro atoms. The Morgan fingerprint density at radius 2 is 1.96 bits per heavy atom. The first-order valence-electron chi connectivity index (χ1n) is 9.10. The lowest BCUT2D eigenvalue weighted by molar-refractivity contribution is 0.0923. The van der Waals surface area contributed by atoms with E-state index < -0.39 is 0 Å². The van der Waals surface area contributed by atoms with Gasteiger partial charge in [-0.3, -0.25) is 9.78 Å². The molecule has 1 amide bonds. The van der Waals surface area contributed by atoms with Crippen LogP contribution in [0.3, 0.4) is 0 Å². The topological polar surface area (TPSA) is 51.2 Å². The molecule has 0 bridgehead atoms. The average molecular weight is 346 g/mol. The van der Waals surface area contributed by atoms with Crippen molar-refractivity contribution in [2.45, 2.75) is 32.7 Å². The molecule has 4 rings (SSSR count). The zero-order valence-corrected chi connectivity index (χ0v) is 15.1. The molecule has 26 heavy (non-hydrogen) atoms. The number of rotatable bonds is 3. The Bertz CT molecular complexity index is 981. The van der Waals surface area contributed by atoms with Gasteiger partial charge < -0.3 is 10.1 Å². The number of fused-ring (bicyclic) bond motifs is 2. The largest absolute Gasteiger partial charge is 0.493 e. The van der Waals surface area contributed by atoms with Crippen molar-refractivity contribution in [3.63, 3.8) is 0 Å². The highest BCUT2D eigenvalue weighted by molar-refractivity contribution is 6.01. The summed E-state index contributed by atoms with van der Waals surface area (Å²) in [6, 6.07) is 15.9. The van der Waals surface area contributed by atoms with Crippen molar-refractivity contribution in [1.82, 2.24) is 10.3 Å². The Morgan fingerprint density at radius 1 is 1.19 bits per heavy atom. The van der Waals surface area contributed by atoms with Crippen molar-refractivity contribution in [1.29, 1.82) is 0 Å². The molecule has 0 radical (unpaired) electrons. The maximum atomic E-state index is 13.2. The molecular weight excluding hydrogens is 324 g/mol. The molecule has 4 nitrogen and oxygen atoms in total. The highest BCUT2D eigenvalue weighted by Gasteiger charge is 2.25. The van der Waals surface area contributed by atoms with Crippen LogP contribution in [0.2, 0.25) is 0 Å². The summed E-state index contributed by atoms with van der Waals surface area (Å²) in [6.07, 6.45) is 1.49. The minimum atomic E-state index is -0.0562. The van der Waals surface area contributed by atoms with Gasteiger partial charge in [0, 0.05) is 17.4 Å². The number of aryl methyl sites for hydroxylation is 2. The fraction of sp³-hybridized carbons (Fsp3) is 0.273. The molecule has 4 heteroatoms. The SMILES string of the molecule is CCc1nc2ccccc2c(C)c1C(=O)N[C@H]1CCOc2ccccc21. The van der Waals surface area contributed by atoms with Gasteiger partial charge in [-0.25, -0.2) is 0 Å². The second kappa shape index (κ2) is 6.79. The lowest BCUT2D eigenvalue weighted by atomic mass is 9.97. The van der Waals surface area contributed by atoms with E-state index >= 15 is 0 Å². The minimum Gasteiger partial charge on any atom is -0.493 e. The number of hydrogen-bond acceptors (Lipinski definition) is 3. The summed E-state index contributed by atoms with van der Waals surface area (Å²) in [7, 11) is 0. The van der Waals surface area contributed by atoms with Crippen molar-refractivity contribution in [3.05, 3.63) is 70.9 Å². The maximum Gasteiger partial charge on any atom is 0.253 e. The molecule has 0 saturated heterocycles. The summed E-state index contributed by atoms with van der Waals surface area (Å²) < 4.78 is 5.70. The van der Waals surface area contributed by atoms with E-state index in [0.29, 0.717) is 12.2 Å². The monoisotopic (exact) mass is 346 g/mol. The molecule has 132 valence electrons. The predicted octanol–water partition coefficient (Wildman–Crippen LogP) is 4.36. The van der Waals surface area contributed by atoms with E-state index in [4.69, 9.17) is 9.72 Å². The number of aromatic nitrogens is 1. The minimum absolute atomic E-state index is 0.0389. The first kappa shape index (κ1) is 16.6.